The maximum absolute atomic E-state index is 12.5. The molecule has 158 valence electrons. The third kappa shape index (κ3) is 6.72. The van der Waals surface area contributed by atoms with Crippen LogP contribution in [0.1, 0.15) is 23.3 Å². The molecule has 0 aliphatic rings. The largest absolute Gasteiger partial charge is 0.338 e. The Morgan fingerprint density at radius 2 is 1.67 bits per heavy atom. The van der Waals surface area contributed by atoms with Crippen LogP contribution in [0, 0.1) is 0 Å². The molecule has 3 rings (SSSR count). The zero-order chi connectivity index (χ0) is 21.7. The van der Waals surface area contributed by atoms with Gasteiger partial charge in [0.15, 0.2) is 15.7 Å². The predicted octanol–water partition coefficient (Wildman–Crippen LogP) is 4.03. The van der Waals surface area contributed by atoms with Crippen LogP contribution in [0.25, 0.3) is 0 Å². The Hall–Kier alpha value is -2.62. The molecule has 0 saturated carbocycles. The van der Waals surface area contributed by atoms with Gasteiger partial charge in [0.25, 0.3) is 0 Å². The molecule has 2 amide bonds. The van der Waals surface area contributed by atoms with Gasteiger partial charge in [-0.05, 0) is 42.0 Å². The number of halogens is 2. The van der Waals surface area contributed by atoms with E-state index < -0.39 is 21.9 Å². The van der Waals surface area contributed by atoms with Crippen molar-refractivity contribution in [2.75, 3.05) is 11.6 Å². The van der Waals surface area contributed by atoms with Gasteiger partial charge >= 0.3 is 6.03 Å². The number of hydrogen-bond acceptors (Lipinski definition) is 6. The highest BCUT2D eigenvalue weighted by Gasteiger charge is 2.22. The van der Waals surface area contributed by atoms with Gasteiger partial charge in [-0.15, -0.1) is 0 Å². The van der Waals surface area contributed by atoms with Crippen LogP contribution in [-0.4, -0.2) is 30.8 Å². The highest BCUT2D eigenvalue weighted by atomic mass is 35.5. The van der Waals surface area contributed by atoms with Crippen molar-refractivity contribution in [3.05, 3.63) is 75.9 Å². The molecule has 0 spiro atoms. The van der Waals surface area contributed by atoms with Crippen molar-refractivity contribution in [3.8, 4) is 0 Å². The smallest absolute Gasteiger partial charge is 0.319 e. The van der Waals surface area contributed by atoms with Gasteiger partial charge in [-0.2, -0.15) is 4.98 Å². The molecule has 1 heterocycles. The number of carbonyl (C=O) groups excluding carboxylic acids is 1. The Morgan fingerprint density at radius 1 is 1.07 bits per heavy atom. The molecule has 2 N–H and O–H groups in total. The van der Waals surface area contributed by atoms with E-state index in [0.717, 1.165) is 11.8 Å². The molecule has 1 atom stereocenters. The average molecular weight is 469 g/mol. The van der Waals surface area contributed by atoms with Crippen LogP contribution in [-0.2, 0) is 22.0 Å². The molecule has 2 aromatic carbocycles. The summed E-state index contributed by atoms with van der Waals surface area (Å²) in [6, 6.07) is 12.5. The molecule has 1 aromatic heterocycles. The average Bonchev–Trinajstić information content (AvgIpc) is 3.11. The first-order valence-electron chi connectivity index (χ1n) is 8.76. The van der Waals surface area contributed by atoms with Crippen molar-refractivity contribution < 1.29 is 17.7 Å². The van der Waals surface area contributed by atoms with Crippen molar-refractivity contribution in [1.82, 2.24) is 15.5 Å². The lowest BCUT2D eigenvalue weighted by Crippen LogP contribution is -2.34. The van der Waals surface area contributed by atoms with Gasteiger partial charge in [-0.25, -0.2) is 13.2 Å². The summed E-state index contributed by atoms with van der Waals surface area (Å²) < 4.78 is 28.0. The van der Waals surface area contributed by atoms with Gasteiger partial charge in [-0.1, -0.05) is 40.5 Å². The Bertz CT molecular complexity index is 1120. The Morgan fingerprint density at radius 3 is 2.27 bits per heavy atom. The number of nitrogens with zero attached hydrogens (tertiary/aromatic N) is 2. The maximum atomic E-state index is 12.5. The first kappa shape index (κ1) is 22.1. The van der Waals surface area contributed by atoms with Crippen molar-refractivity contribution in [3.63, 3.8) is 0 Å². The van der Waals surface area contributed by atoms with E-state index in [1.807, 2.05) is 12.1 Å². The molecule has 11 heteroatoms. The van der Waals surface area contributed by atoms with E-state index in [2.05, 4.69) is 20.8 Å². The lowest BCUT2D eigenvalue weighted by Gasteiger charge is -2.16. The molecule has 0 aliphatic heterocycles. The topological polar surface area (TPSA) is 114 Å². The van der Waals surface area contributed by atoms with Crippen molar-refractivity contribution in [2.45, 2.75) is 18.2 Å². The van der Waals surface area contributed by atoms with Crippen LogP contribution >= 0.6 is 23.2 Å². The van der Waals surface area contributed by atoms with Crippen LogP contribution in [0.4, 0.5) is 10.5 Å². The van der Waals surface area contributed by atoms with E-state index in [4.69, 9.17) is 27.7 Å². The molecule has 0 radical (unpaired) electrons. The highest BCUT2D eigenvalue weighted by Crippen LogP contribution is 2.20. The molecule has 3 aromatic rings. The summed E-state index contributed by atoms with van der Waals surface area (Å²) in [7, 11) is -3.34. The predicted molar refractivity (Wildman–Crippen MR) is 114 cm³/mol. The minimum absolute atomic E-state index is 0.0477. The molecular formula is C19H18Cl2N4O4S. The Balaban J connectivity index is 1.78. The standard InChI is InChI=1S/C19H18Cl2N4O4S/c1-30(27,28)11-17-24-18(25-29-17)16(10-12-2-4-13(20)5-3-12)23-19(26)22-15-8-6-14(21)7-9-15/h2-9,16H,10-11H2,1H3,(H2,22,23,26)/t16-/m0/s1. The first-order chi connectivity index (χ1) is 14.2. The van der Waals surface area contributed by atoms with Crippen LogP contribution in [0.3, 0.4) is 0 Å². The second-order valence-electron chi connectivity index (χ2n) is 6.60. The molecular weight excluding hydrogens is 451 g/mol. The van der Waals surface area contributed by atoms with Crippen molar-refractivity contribution in [1.29, 1.82) is 0 Å². The summed E-state index contributed by atoms with van der Waals surface area (Å²) in [6.45, 7) is 0. The number of anilines is 1. The van der Waals surface area contributed by atoms with Crippen molar-refractivity contribution >= 4 is 44.8 Å². The fourth-order valence-corrected chi connectivity index (χ4v) is 3.43. The summed E-state index contributed by atoms with van der Waals surface area (Å²) in [5.41, 5.74) is 1.42. The minimum Gasteiger partial charge on any atom is -0.338 e. The van der Waals surface area contributed by atoms with Crippen LogP contribution < -0.4 is 10.6 Å². The maximum Gasteiger partial charge on any atom is 0.319 e. The molecule has 0 bridgehead atoms. The fraction of sp³-hybridized carbons (Fsp3) is 0.211. The van der Waals surface area contributed by atoms with E-state index in [1.165, 1.54) is 0 Å². The van der Waals surface area contributed by atoms with Crippen LogP contribution in [0.5, 0.6) is 0 Å². The van der Waals surface area contributed by atoms with E-state index in [9.17, 15) is 13.2 Å². The number of rotatable bonds is 7. The van der Waals surface area contributed by atoms with E-state index in [0.29, 0.717) is 22.2 Å². The second-order valence-corrected chi connectivity index (χ2v) is 9.62. The van der Waals surface area contributed by atoms with Crippen molar-refractivity contribution in [2.24, 2.45) is 0 Å². The number of carbonyl (C=O) groups is 1. The third-order valence-corrected chi connectivity index (χ3v) is 5.22. The summed E-state index contributed by atoms with van der Waals surface area (Å²) in [6.07, 6.45) is 1.41. The summed E-state index contributed by atoms with van der Waals surface area (Å²) in [4.78, 5) is 16.6. The van der Waals surface area contributed by atoms with Gasteiger partial charge in [0, 0.05) is 28.4 Å². The molecule has 0 aliphatic carbocycles. The minimum atomic E-state index is -3.34. The van der Waals surface area contributed by atoms with Gasteiger partial charge in [0.05, 0.1) is 6.04 Å². The van der Waals surface area contributed by atoms with Gasteiger partial charge in [-0.3, -0.25) is 0 Å². The van der Waals surface area contributed by atoms with E-state index >= 15 is 0 Å². The molecule has 0 fully saturated rings. The van der Waals surface area contributed by atoms with Gasteiger partial charge < -0.3 is 15.2 Å². The lowest BCUT2D eigenvalue weighted by molar-refractivity contribution is 0.247. The summed E-state index contributed by atoms with van der Waals surface area (Å²) in [5.74, 6) is -0.270. The molecule has 30 heavy (non-hydrogen) atoms. The fourth-order valence-electron chi connectivity index (χ4n) is 2.61. The highest BCUT2D eigenvalue weighted by molar-refractivity contribution is 7.89. The lowest BCUT2D eigenvalue weighted by atomic mass is 10.1. The SMILES string of the molecule is CS(=O)(=O)Cc1nc([C@H](Cc2ccc(Cl)cc2)NC(=O)Nc2ccc(Cl)cc2)no1. The number of aromatic nitrogens is 2. The number of benzene rings is 2. The Labute approximate surface area is 183 Å². The van der Waals surface area contributed by atoms with Crippen LogP contribution in [0.15, 0.2) is 53.1 Å². The number of hydrogen-bond donors (Lipinski definition) is 2. The zero-order valence-corrected chi connectivity index (χ0v) is 18.1. The zero-order valence-electron chi connectivity index (χ0n) is 15.8. The number of nitrogens with one attached hydrogen (secondary N) is 2. The number of urea groups is 1. The number of sulfone groups is 1. The van der Waals surface area contributed by atoms with Gasteiger partial charge in [0.1, 0.15) is 5.75 Å². The Kier molecular flexibility index (Phi) is 6.96. The first-order valence-corrected chi connectivity index (χ1v) is 11.6. The summed E-state index contributed by atoms with van der Waals surface area (Å²) in [5, 5.41) is 10.5. The molecule has 8 nitrogen and oxygen atoms in total. The normalized spacial score (nSPS) is 12.4. The van der Waals surface area contributed by atoms with Gasteiger partial charge in [0.2, 0.25) is 5.89 Å². The second kappa shape index (κ2) is 9.46. The quantitative estimate of drug-likeness (QED) is 0.540. The van der Waals surface area contributed by atoms with E-state index in [-0.39, 0.29) is 17.5 Å². The summed E-state index contributed by atoms with van der Waals surface area (Å²) >= 11 is 11.8. The third-order valence-electron chi connectivity index (χ3n) is 3.94. The van der Waals surface area contributed by atoms with E-state index in [1.54, 1.807) is 36.4 Å². The number of amides is 2. The molecule has 0 saturated heterocycles. The monoisotopic (exact) mass is 468 g/mol. The van der Waals surface area contributed by atoms with Crippen LogP contribution in [0.2, 0.25) is 10.0 Å². The molecule has 0 unspecified atom stereocenters.